The van der Waals surface area contributed by atoms with E-state index >= 15 is 0 Å². The van der Waals surface area contributed by atoms with Crippen molar-refractivity contribution in [2.75, 3.05) is 26.9 Å². The lowest BCUT2D eigenvalue weighted by Gasteiger charge is -2.26. The van der Waals surface area contributed by atoms with E-state index in [1.807, 2.05) is 17.0 Å². The zero-order valence-corrected chi connectivity index (χ0v) is 14.9. The molecular weight excluding hydrogens is 320 g/mol. The molecule has 0 bridgehead atoms. The SMILES string of the molecule is CO[C@@H]1C[C@@H](COc2cccnc2)N(C(=O)COC2CCCCC2)C1. The highest BCUT2D eigenvalue weighted by molar-refractivity contribution is 5.78. The van der Waals surface area contributed by atoms with Crippen molar-refractivity contribution in [1.29, 1.82) is 0 Å². The van der Waals surface area contributed by atoms with Gasteiger partial charge in [-0.05, 0) is 31.4 Å². The highest BCUT2D eigenvalue weighted by Gasteiger charge is 2.36. The van der Waals surface area contributed by atoms with E-state index in [0.29, 0.717) is 18.9 Å². The molecule has 2 fully saturated rings. The Balaban J connectivity index is 1.51. The second-order valence-electron chi connectivity index (χ2n) is 6.86. The number of pyridine rings is 1. The number of amides is 1. The maximum atomic E-state index is 12.6. The van der Waals surface area contributed by atoms with Gasteiger partial charge in [0.1, 0.15) is 19.0 Å². The van der Waals surface area contributed by atoms with Gasteiger partial charge in [0, 0.05) is 19.9 Å². The van der Waals surface area contributed by atoms with Crippen LogP contribution in [0.5, 0.6) is 5.75 Å². The molecule has 1 aromatic rings. The van der Waals surface area contributed by atoms with Crippen LogP contribution in [0.25, 0.3) is 0 Å². The third-order valence-corrected chi connectivity index (χ3v) is 5.10. The molecule has 3 rings (SSSR count). The van der Waals surface area contributed by atoms with Crippen LogP contribution in [0.4, 0.5) is 0 Å². The molecule has 138 valence electrons. The van der Waals surface area contributed by atoms with Crippen LogP contribution in [-0.2, 0) is 14.3 Å². The van der Waals surface area contributed by atoms with Gasteiger partial charge in [0.2, 0.25) is 5.91 Å². The topological polar surface area (TPSA) is 60.9 Å². The molecule has 25 heavy (non-hydrogen) atoms. The molecule has 2 aliphatic rings. The Bertz CT molecular complexity index is 533. The monoisotopic (exact) mass is 348 g/mol. The van der Waals surface area contributed by atoms with Gasteiger partial charge < -0.3 is 19.1 Å². The fourth-order valence-corrected chi connectivity index (χ4v) is 3.64. The molecular formula is C19H28N2O4. The normalized spacial score (nSPS) is 24.4. The van der Waals surface area contributed by atoms with Crippen LogP contribution in [0.3, 0.4) is 0 Å². The number of rotatable bonds is 7. The average molecular weight is 348 g/mol. The minimum atomic E-state index is 0.00705. The summed E-state index contributed by atoms with van der Waals surface area (Å²) in [4.78, 5) is 18.5. The highest BCUT2D eigenvalue weighted by Crippen LogP contribution is 2.23. The van der Waals surface area contributed by atoms with E-state index in [0.717, 1.165) is 19.3 Å². The van der Waals surface area contributed by atoms with Gasteiger partial charge in [0.25, 0.3) is 0 Å². The van der Waals surface area contributed by atoms with Crippen molar-refractivity contribution in [2.45, 2.75) is 56.8 Å². The van der Waals surface area contributed by atoms with Gasteiger partial charge in [-0.2, -0.15) is 0 Å². The van der Waals surface area contributed by atoms with E-state index in [1.165, 1.54) is 19.3 Å². The molecule has 0 spiro atoms. The summed E-state index contributed by atoms with van der Waals surface area (Å²) in [5.41, 5.74) is 0. The summed E-state index contributed by atoms with van der Waals surface area (Å²) >= 11 is 0. The van der Waals surface area contributed by atoms with Crippen molar-refractivity contribution in [3.63, 3.8) is 0 Å². The largest absolute Gasteiger partial charge is 0.490 e. The summed E-state index contributed by atoms with van der Waals surface area (Å²) in [5, 5.41) is 0. The van der Waals surface area contributed by atoms with E-state index in [-0.39, 0.29) is 30.8 Å². The summed E-state index contributed by atoms with van der Waals surface area (Å²) in [6, 6.07) is 3.71. The van der Waals surface area contributed by atoms with Crippen molar-refractivity contribution < 1.29 is 19.0 Å². The smallest absolute Gasteiger partial charge is 0.249 e. The van der Waals surface area contributed by atoms with Gasteiger partial charge in [0.15, 0.2) is 0 Å². The zero-order valence-electron chi connectivity index (χ0n) is 14.9. The van der Waals surface area contributed by atoms with Crippen LogP contribution < -0.4 is 4.74 Å². The number of ether oxygens (including phenoxy) is 3. The van der Waals surface area contributed by atoms with Crippen LogP contribution in [0.1, 0.15) is 38.5 Å². The number of aromatic nitrogens is 1. The fourth-order valence-electron chi connectivity index (χ4n) is 3.64. The molecule has 2 atom stereocenters. The minimum absolute atomic E-state index is 0.00705. The van der Waals surface area contributed by atoms with E-state index in [2.05, 4.69) is 4.98 Å². The number of hydrogen-bond acceptors (Lipinski definition) is 5. The van der Waals surface area contributed by atoms with Crippen LogP contribution in [0.2, 0.25) is 0 Å². The number of carbonyl (C=O) groups is 1. The first-order valence-electron chi connectivity index (χ1n) is 9.23. The molecule has 2 heterocycles. The molecule has 1 aliphatic heterocycles. The molecule has 1 aromatic heterocycles. The van der Waals surface area contributed by atoms with Crippen molar-refractivity contribution in [3.05, 3.63) is 24.5 Å². The number of nitrogens with zero attached hydrogens (tertiary/aromatic N) is 2. The molecule has 0 radical (unpaired) electrons. The molecule has 6 nitrogen and oxygen atoms in total. The lowest BCUT2D eigenvalue weighted by atomic mass is 9.98. The molecule has 1 saturated heterocycles. The van der Waals surface area contributed by atoms with Crippen LogP contribution in [-0.4, -0.2) is 60.9 Å². The van der Waals surface area contributed by atoms with Gasteiger partial charge in [0.05, 0.1) is 24.4 Å². The first kappa shape index (κ1) is 18.1. The average Bonchev–Trinajstić information content (AvgIpc) is 3.09. The number of likely N-dealkylation sites (tertiary alicyclic amines) is 1. The standard InChI is InChI=1S/C19H28N2O4/c1-23-18-10-15(13-24-17-8-5-9-20-11-17)21(12-18)19(22)14-25-16-6-3-2-4-7-16/h5,8-9,11,15-16,18H,2-4,6-7,10,12-14H2,1H3/t15-,18+/m0/s1. The minimum Gasteiger partial charge on any atom is -0.490 e. The van der Waals surface area contributed by atoms with Crippen LogP contribution in [0, 0.1) is 0 Å². The van der Waals surface area contributed by atoms with Crippen molar-refractivity contribution in [2.24, 2.45) is 0 Å². The van der Waals surface area contributed by atoms with E-state index in [9.17, 15) is 4.79 Å². The zero-order chi connectivity index (χ0) is 17.5. The second kappa shape index (κ2) is 9.15. The molecule has 1 aliphatic carbocycles. The van der Waals surface area contributed by atoms with Gasteiger partial charge in [-0.25, -0.2) is 0 Å². The van der Waals surface area contributed by atoms with E-state index < -0.39 is 0 Å². The molecule has 0 aromatic carbocycles. The quantitative estimate of drug-likeness (QED) is 0.757. The third-order valence-electron chi connectivity index (χ3n) is 5.10. The van der Waals surface area contributed by atoms with Crippen LogP contribution >= 0.6 is 0 Å². The Labute approximate surface area is 149 Å². The molecule has 0 unspecified atom stereocenters. The second-order valence-corrected chi connectivity index (χ2v) is 6.86. The number of carbonyl (C=O) groups excluding carboxylic acids is 1. The van der Waals surface area contributed by atoms with Gasteiger partial charge >= 0.3 is 0 Å². The fraction of sp³-hybridized carbons (Fsp3) is 0.684. The summed E-state index contributed by atoms with van der Waals surface area (Å²) in [6.07, 6.45) is 10.3. The maximum absolute atomic E-state index is 12.6. The summed E-state index contributed by atoms with van der Waals surface area (Å²) in [7, 11) is 1.69. The van der Waals surface area contributed by atoms with Gasteiger partial charge in [-0.15, -0.1) is 0 Å². The Kier molecular flexibility index (Phi) is 6.64. The summed E-state index contributed by atoms with van der Waals surface area (Å²) in [6.45, 7) is 1.20. The van der Waals surface area contributed by atoms with E-state index in [4.69, 9.17) is 14.2 Å². The summed E-state index contributed by atoms with van der Waals surface area (Å²) < 4.78 is 17.1. The van der Waals surface area contributed by atoms with Crippen molar-refractivity contribution in [3.8, 4) is 5.75 Å². The first-order chi connectivity index (χ1) is 12.3. The number of hydrogen-bond donors (Lipinski definition) is 0. The van der Waals surface area contributed by atoms with Gasteiger partial charge in [-0.3, -0.25) is 9.78 Å². The number of methoxy groups -OCH3 is 1. The Morgan fingerprint density at radius 1 is 1.28 bits per heavy atom. The maximum Gasteiger partial charge on any atom is 0.249 e. The molecule has 1 saturated carbocycles. The molecule has 1 amide bonds. The Morgan fingerprint density at radius 2 is 2.12 bits per heavy atom. The van der Waals surface area contributed by atoms with Crippen molar-refractivity contribution >= 4 is 5.91 Å². The highest BCUT2D eigenvalue weighted by atomic mass is 16.5. The van der Waals surface area contributed by atoms with E-state index in [1.54, 1.807) is 19.5 Å². The Hall–Kier alpha value is -1.66. The third kappa shape index (κ3) is 5.16. The predicted octanol–water partition coefficient (Wildman–Crippen LogP) is 2.43. The molecule has 0 N–H and O–H groups in total. The lowest BCUT2D eigenvalue weighted by molar-refractivity contribution is -0.140. The Morgan fingerprint density at radius 3 is 2.84 bits per heavy atom. The molecule has 6 heteroatoms. The first-order valence-corrected chi connectivity index (χ1v) is 9.23. The predicted molar refractivity (Wildman–Crippen MR) is 93.5 cm³/mol. The summed E-state index contributed by atoms with van der Waals surface area (Å²) in [5.74, 6) is 0.749. The lowest BCUT2D eigenvalue weighted by Crippen LogP contribution is -2.42. The van der Waals surface area contributed by atoms with Crippen LogP contribution in [0.15, 0.2) is 24.5 Å². The van der Waals surface area contributed by atoms with Crippen molar-refractivity contribution in [1.82, 2.24) is 9.88 Å². The van der Waals surface area contributed by atoms with Gasteiger partial charge in [-0.1, -0.05) is 19.3 Å².